The number of rotatable bonds is 5. The van der Waals surface area contributed by atoms with Crippen molar-refractivity contribution in [2.24, 2.45) is 0 Å². The molecule has 0 spiro atoms. The standard InChI is InChI=1S/C11H18O4S/c1-3-4-9-14-10-5-7-11(8-6-10)15-16(2,12)13/h1,10-11H,4-9H2,2H3. The van der Waals surface area contributed by atoms with Crippen LogP contribution < -0.4 is 0 Å². The van der Waals surface area contributed by atoms with Crippen molar-refractivity contribution in [2.75, 3.05) is 12.9 Å². The topological polar surface area (TPSA) is 52.6 Å². The Hall–Kier alpha value is -0.570. The van der Waals surface area contributed by atoms with Gasteiger partial charge in [0.15, 0.2) is 0 Å². The van der Waals surface area contributed by atoms with Crippen molar-refractivity contribution in [3.63, 3.8) is 0 Å². The van der Waals surface area contributed by atoms with Gasteiger partial charge in [0.25, 0.3) is 10.1 Å². The van der Waals surface area contributed by atoms with E-state index in [9.17, 15) is 8.42 Å². The number of hydrogen-bond donors (Lipinski definition) is 0. The Morgan fingerprint density at radius 1 is 1.25 bits per heavy atom. The molecule has 92 valence electrons. The molecule has 5 heteroatoms. The fourth-order valence-electron chi connectivity index (χ4n) is 1.83. The molecule has 0 radical (unpaired) electrons. The predicted molar refractivity (Wildman–Crippen MR) is 61.4 cm³/mol. The summed E-state index contributed by atoms with van der Waals surface area (Å²) < 4.78 is 32.3. The highest BCUT2D eigenvalue weighted by atomic mass is 32.2. The fraction of sp³-hybridized carbons (Fsp3) is 0.818. The van der Waals surface area contributed by atoms with Gasteiger partial charge in [-0.25, -0.2) is 0 Å². The van der Waals surface area contributed by atoms with E-state index < -0.39 is 10.1 Å². The van der Waals surface area contributed by atoms with Crippen LogP contribution in [-0.2, 0) is 19.0 Å². The Morgan fingerprint density at radius 3 is 2.31 bits per heavy atom. The summed E-state index contributed by atoms with van der Waals surface area (Å²) in [4.78, 5) is 0. The molecule has 0 aromatic heterocycles. The van der Waals surface area contributed by atoms with Gasteiger partial charge in [-0.15, -0.1) is 12.3 Å². The van der Waals surface area contributed by atoms with Crippen LogP contribution in [0.25, 0.3) is 0 Å². The van der Waals surface area contributed by atoms with Crippen LogP contribution in [0.4, 0.5) is 0 Å². The summed E-state index contributed by atoms with van der Waals surface area (Å²) in [5, 5.41) is 0. The maximum atomic E-state index is 10.9. The minimum Gasteiger partial charge on any atom is -0.377 e. The van der Waals surface area contributed by atoms with Gasteiger partial charge in [0, 0.05) is 6.42 Å². The van der Waals surface area contributed by atoms with Gasteiger partial charge in [-0.1, -0.05) is 0 Å². The lowest BCUT2D eigenvalue weighted by atomic mass is 9.95. The van der Waals surface area contributed by atoms with Crippen molar-refractivity contribution < 1.29 is 17.3 Å². The summed E-state index contributed by atoms with van der Waals surface area (Å²) >= 11 is 0. The molecule has 0 atom stereocenters. The summed E-state index contributed by atoms with van der Waals surface area (Å²) in [6.07, 6.45) is 9.99. The van der Waals surface area contributed by atoms with Crippen molar-refractivity contribution >= 4 is 10.1 Å². The summed E-state index contributed by atoms with van der Waals surface area (Å²) in [5.41, 5.74) is 0. The summed E-state index contributed by atoms with van der Waals surface area (Å²) in [7, 11) is -3.33. The third-order valence-electron chi connectivity index (χ3n) is 2.53. The highest BCUT2D eigenvalue weighted by molar-refractivity contribution is 7.86. The van der Waals surface area contributed by atoms with E-state index in [2.05, 4.69) is 5.92 Å². The molecule has 0 unspecified atom stereocenters. The van der Waals surface area contributed by atoms with Crippen LogP contribution in [0, 0.1) is 12.3 Å². The first-order valence-electron chi connectivity index (χ1n) is 5.44. The lowest BCUT2D eigenvalue weighted by Crippen LogP contribution is -2.28. The minimum absolute atomic E-state index is 0.178. The molecule has 0 aliphatic heterocycles. The second-order valence-electron chi connectivity index (χ2n) is 4.02. The number of hydrogen-bond acceptors (Lipinski definition) is 4. The van der Waals surface area contributed by atoms with Gasteiger partial charge in [-0.2, -0.15) is 8.42 Å². The quantitative estimate of drug-likeness (QED) is 0.417. The third kappa shape index (κ3) is 5.50. The van der Waals surface area contributed by atoms with Gasteiger partial charge < -0.3 is 4.74 Å². The van der Waals surface area contributed by atoms with Gasteiger partial charge in [0.2, 0.25) is 0 Å². The Labute approximate surface area is 97.4 Å². The zero-order valence-electron chi connectivity index (χ0n) is 9.52. The fourth-order valence-corrected chi connectivity index (χ4v) is 2.51. The maximum Gasteiger partial charge on any atom is 0.264 e. The van der Waals surface area contributed by atoms with E-state index in [-0.39, 0.29) is 12.2 Å². The van der Waals surface area contributed by atoms with Crippen LogP contribution >= 0.6 is 0 Å². The first-order chi connectivity index (χ1) is 7.51. The second kappa shape index (κ2) is 6.24. The lowest BCUT2D eigenvalue weighted by molar-refractivity contribution is 0.00668. The molecular formula is C11H18O4S. The van der Waals surface area contributed by atoms with Crippen molar-refractivity contribution in [3.8, 4) is 12.3 Å². The second-order valence-corrected chi connectivity index (χ2v) is 5.62. The molecule has 0 bridgehead atoms. The molecular weight excluding hydrogens is 228 g/mol. The molecule has 1 aliphatic carbocycles. The highest BCUT2D eigenvalue weighted by Gasteiger charge is 2.24. The van der Waals surface area contributed by atoms with E-state index in [4.69, 9.17) is 15.3 Å². The zero-order chi connectivity index (χ0) is 12.0. The molecule has 0 heterocycles. The Bertz CT molecular complexity index is 333. The van der Waals surface area contributed by atoms with E-state index in [0.717, 1.165) is 31.9 Å². The molecule has 1 saturated carbocycles. The monoisotopic (exact) mass is 246 g/mol. The molecule has 1 aliphatic rings. The van der Waals surface area contributed by atoms with Gasteiger partial charge in [0.1, 0.15) is 0 Å². The van der Waals surface area contributed by atoms with Crippen LogP contribution in [0.3, 0.4) is 0 Å². The van der Waals surface area contributed by atoms with E-state index >= 15 is 0 Å². The van der Waals surface area contributed by atoms with Crippen LogP contribution in [0.5, 0.6) is 0 Å². The van der Waals surface area contributed by atoms with Crippen LogP contribution in [0.15, 0.2) is 0 Å². The molecule has 0 aromatic carbocycles. The molecule has 4 nitrogen and oxygen atoms in total. The van der Waals surface area contributed by atoms with Gasteiger partial charge in [0.05, 0.1) is 25.1 Å². The molecule has 0 N–H and O–H groups in total. The number of ether oxygens (including phenoxy) is 1. The maximum absolute atomic E-state index is 10.9. The number of terminal acetylenes is 1. The van der Waals surface area contributed by atoms with E-state index in [1.165, 1.54) is 0 Å². The minimum atomic E-state index is -3.33. The van der Waals surface area contributed by atoms with Gasteiger partial charge >= 0.3 is 0 Å². The van der Waals surface area contributed by atoms with Crippen molar-refractivity contribution in [1.82, 2.24) is 0 Å². The Morgan fingerprint density at radius 2 is 1.81 bits per heavy atom. The predicted octanol–water partition coefficient (Wildman–Crippen LogP) is 1.31. The van der Waals surface area contributed by atoms with Crippen molar-refractivity contribution in [2.45, 2.75) is 44.3 Å². The smallest absolute Gasteiger partial charge is 0.264 e. The van der Waals surface area contributed by atoms with Crippen molar-refractivity contribution in [1.29, 1.82) is 0 Å². The average molecular weight is 246 g/mol. The Balaban J connectivity index is 2.21. The van der Waals surface area contributed by atoms with E-state index in [1.54, 1.807) is 0 Å². The normalized spacial score (nSPS) is 26.2. The lowest BCUT2D eigenvalue weighted by Gasteiger charge is -2.27. The third-order valence-corrected chi connectivity index (χ3v) is 3.15. The largest absolute Gasteiger partial charge is 0.377 e. The molecule has 0 amide bonds. The molecule has 0 aromatic rings. The first kappa shape index (κ1) is 13.5. The van der Waals surface area contributed by atoms with Crippen LogP contribution in [0.1, 0.15) is 32.1 Å². The molecule has 0 saturated heterocycles. The first-order valence-corrected chi connectivity index (χ1v) is 7.26. The molecule has 1 rings (SSSR count). The van der Waals surface area contributed by atoms with E-state index in [0.29, 0.717) is 13.0 Å². The summed E-state index contributed by atoms with van der Waals surface area (Å²) in [6.45, 7) is 0.582. The summed E-state index contributed by atoms with van der Waals surface area (Å²) in [6, 6.07) is 0. The highest BCUT2D eigenvalue weighted by Crippen LogP contribution is 2.24. The van der Waals surface area contributed by atoms with Crippen LogP contribution in [0.2, 0.25) is 0 Å². The van der Waals surface area contributed by atoms with E-state index in [1.807, 2.05) is 0 Å². The average Bonchev–Trinajstić information content (AvgIpc) is 2.19. The van der Waals surface area contributed by atoms with Crippen LogP contribution in [-0.4, -0.2) is 33.5 Å². The summed E-state index contributed by atoms with van der Waals surface area (Å²) in [5.74, 6) is 2.52. The molecule has 16 heavy (non-hydrogen) atoms. The zero-order valence-corrected chi connectivity index (χ0v) is 10.3. The SMILES string of the molecule is C#CCCOC1CCC(OS(C)(=O)=O)CC1. The molecule has 1 fully saturated rings. The van der Waals surface area contributed by atoms with Gasteiger partial charge in [-0.05, 0) is 25.7 Å². The van der Waals surface area contributed by atoms with Crippen molar-refractivity contribution in [3.05, 3.63) is 0 Å². The Kier molecular flexibility index (Phi) is 5.26. The van der Waals surface area contributed by atoms with Gasteiger partial charge in [-0.3, -0.25) is 4.18 Å².